The lowest BCUT2D eigenvalue weighted by molar-refractivity contribution is 0.317. The molecule has 0 spiro atoms. The van der Waals surface area contributed by atoms with Gasteiger partial charge >= 0.3 is 0 Å². The van der Waals surface area contributed by atoms with Gasteiger partial charge in [-0.2, -0.15) is 0 Å². The largest absolute Gasteiger partial charge is 0.0696 e. The van der Waals surface area contributed by atoms with Gasteiger partial charge in [-0.05, 0) is 42.2 Å². The average molecular weight is 353 g/mol. The van der Waals surface area contributed by atoms with Crippen molar-refractivity contribution in [3.8, 4) is 0 Å². The summed E-state index contributed by atoms with van der Waals surface area (Å²) in [6, 6.07) is 4.89. The van der Waals surface area contributed by atoms with Crippen molar-refractivity contribution in [2.75, 3.05) is 0 Å². The highest BCUT2D eigenvalue weighted by atomic mass is 28.4. The number of rotatable bonds is 10. The minimum Gasteiger partial charge on any atom is -0.0696 e. The van der Waals surface area contributed by atoms with Crippen molar-refractivity contribution in [2.24, 2.45) is 17.8 Å². The lowest BCUT2D eigenvalue weighted by atomic mass is 9.87. The van der Waals surface area contributed by atoms with Gasteiger partial charge in [0.1, 0.15) is 0 Å². The third kappa shape index (κ3) is 4.54. The molecule has 0 aromatic rings. The van der Waals surface area contributed by atoms with Crippen molar-refractivity contribution in [3.05, 3.63) is 0 Å². The molecular weight excluding hydrogens is 308 g/mol. The lowest BCUT2D eigenvalue weighted by Gasteiger charge is -2.47. The molecule has 2 saturated carbocycles. The Bertz CT molecular complexity index is 340. The summed E-state index contributed by atoms with van der Waals surface area (Å²) in [5, 5.41) is 1.19. The Hall–Kier alpha value is 0.434. The van der Waals surface area contributed by atoms with Crippen molar-refractivity contribution in [1.82, 2.24) is 0 Å². The number of hydrogen-bond donors (Lipinski definition) is 0. The Kier molecular flexibility index (Phi) is 7.05. The first-order valence-corrected chi connectivity index (χ1v) is 17.1. The van der Waals surface area contributed by atoms with Crippen molar-refractivity contribution >= 4 is 16.1 Å². The molecule has 2 fully saturated rings. The van der Waals surface area contributed by atoms with Crippen LogP contribution in [0.5, 0.6) is 0 Å². The lowest BCUT2D eigenvalue weighted by Crippen LogP contribution is -2.50. The fourth-order valence-electron chi connectivity index (χ4n) is 6.88. The van der Waals surface area contributed by atoms with E-state index < -0.39 is 16.1 Å². The Balaban J connectivity index is 2.22. The summed E-state index contributed by atoms with van der Waals surface area (Å²) < 4.78 is 0. The molecule has 0 aromatic carbocycles. The van der Waals surface area contributed by atoms with Gasteiger partial charge in [-0.15, -0.1) is 0 Å². The Morgan fingerprint density at radius 1 is 0.826 bits per heavy atom. The number of fused-ring (bicyclic) bond motifs is 2. The van der Waals surface area contributed by atoms with Crippen LogP contribution in [0.3, 0.4) is 0 Å². The van der Waals surface area contributed by atoms with Crippen LogP contribution in [0.4, 0.5) is 0 Å². The van der Waals surface area contributed by atoms with Crippen LogP contribution in [-0.2, 0) is 0 Å². The van der Waals surface area contributed by atoms with E-state index in [0.29, 0.717) is 0 Å². The zero-order valence-corrected chi connectivity index (χ0v) is 19.1. The Morgan fingerprint density at radius 3 is 1.74 bits per heavy atom. The molecule has 0 amide bonds. The molecular formula is C21H44Si2. The summed E-state index contributed by atoms with van der Waals surface area (Å²) >= 11 is 0. The topological polar surface area (TPSA) is 0 Å². The van der Waals surface area contributed by atoms with Crippen LogP contribution in [-0.4, -0.2) is 16.1 Å². The first-order chi connectivity index (χ1) is 10.9. The summed E-state index contributed by atoms with van der Waals surface area (Å²) in [7, 11) is -2.16. The second-order valence-corrected chi connectivity index (χ2v) is 21.1. The van der Waals surface area contributed by atoms with Crippen LogP contribution in [0.2, 0.25) is 42.9 Å². The third-order valence-electron chi connectivity index (χ3n) is 7.45. The molecule has 0 aromatic heterocycles. The highest BCUT2D eigenvalue weighted by Gasteiger charge is 2.48. The molecule has 4 atom stereocenters. The van der Waals surface area contributed by atoms with E-state index in [1.165, 1.54) is 24.4 Å². The van der Waals surface area contributed by atoms with E-state index in [9.17, 15) is 0 Å². The fourth-order valence-corrected chi connectivity index (χ4v) is 22.1. The number of hydrogen-bond acceptors (Lipinski definition) is 0. The van der Waals surface area contributed by atoms with Gasteiger partial charge in [0.05, 0.1) is 8.07 Å². The molecule has 23 heavy (non-hydrogen) atoms. The molecule has 0 saturated heterocycles. The summed E-state index contributed by atoms with van der Waals surface area (Å²) in [4.78, 5) is 0. The van der Waals surface area contributed by atoms with Gasteiger partial charge in [-0.1, -0.05) is 90.6 Å². The van der Waals surface area contributed by atoms with Gasteiger partial charge in [0.15, 0.2) is 0 Å². The summed E-state index contributed by atoms with van der Waals surface area (Å²) in [5.41, 5.74) is 0. The van der Waals surface area contributed by atoms with Crippen LogP contribution in [0.1, 0.15) is 72.1 Å². The zero-order chi connectivity index (χ0) is 17.1. The molecule has 0 N–H and O–H groups in total. The molecule has 2 bridgehead atoms. The van der Waals surface area contributed by atoms with Crippen molar-refractivity contribution < 1.29 is 0 Å². The van der Waals surface area contributed by atoms with Gasteiger partial charge in [-0.3, -0.25) is 0 Å². The van der Waals surface area contributed by atoms with Crippen LogP contribution in [0.25, 0.3) is 0 Å². The molecule has 0 heterocycles. The van der Waals surface area contributed by atoms with Gasteiger partial charge in [0, 0.05) is 8.07 Å². The zero-order valence-electron chi connectivity index (χ0n) is 17.1. The van der Waals surface area contributed by atoms with Gasteiger partial charge in [0.2, 0.25) is 0 Å². The highest BCUT2D eigenvalue weighted by molar-refractivity contribution is 6.98. The van der Waals surface area contributed by atoms with Crippen molar-refractivity contribution in [2.45, 2.75) is 115 Å². The average Bonchev–Trinajstić information content (AvgIpc) is 3.06. The Morgan fingerprint density at radius 2 is 1.39 bits per heavy atom. The van der Waals surface area contributed by atoms with E-state index >= 15 is 0 Å². The van der Waals surface area contributed by atoms with E-state index in [-0.39, 0.29) is 0 Å². The minimum atomic E-state index is -1.09. The maximum Gasteiger partial charge on any atom is 0.0540 e. The summed E-state index contributed by atoms with van der Waals surface area (Å²) in [6.45, 7) is 15.5. The van der Waals surface area contributed by atoms with E-state index in [1.807, 2.05) is 0 Å². The predicted octanol–water partition coefficient (Wildman–Crippen LogP) is 7.74. The molecule has 136 valence electrons. The predicted molar refractivity (Wildman–Crippen MR) is 112 cm³/mol. The molecule has 0 aliphatic heterocycles. The third-order valence-corrected chi connectivity index (χ3v) is 20.4. The normalized spacial score (nSPS) is 29.2. The van der Waals surface area contributed by atoms with Crippen LogP contribution >= 0.6 is 0 Å². The molecule has 1 unspecified atom stereocenters. The van der Waals surface area contributed by atoms with Gasteiger partial charge in [-0.25, -0.2) is 0 Å². The maximum atomic E-state index is 2.72. The molecule has 0 nitrogen and oxygen atoms in total. The van der Waals surface area contributed by atoms with Gasteiger partial charge in [0.25, 0.3) is 0 Å². The van der Waals surface area contributed by atoms with E-state index in [2.05, 4.69) is 40.4 Å². The quantitative estimate of drug-likeness (QED) is 0.353. The maximum absolute atomic E-state index is 2.72. The van der Waals surface area contributed by atoms with Crippen molar-refractivity contribution in [3.63, 3.8) is 0 Å². The van der Waals surface area contributed by atoms with Gasteiger partial charge < -0.3 is 0 Å². The standard InChI is InChI=1S/C21H44Si2/c1-7-12-23(13-8-2,14-9-3)21(22(4,5)6)17-20-16-18-10-11-19(20)15-18/h18-21H,7-17H2,1-6H3/t18-,19+,20-,21?/m0/s1. The minimum absolute atomic E-state index is 1.07. The molecule has 2 aliphatic rings. The molecule has 2 heteroatoms. The molecule has 0 radical (unpaired) electrons. The first kappa shape index (κ1) is 19.8. The SMILES string of the molecule is CCC[Si](CCC)(CCC)C(C[C@@H]1C[C@H]2CC[C@@H]1C2)[Si](C)(C)C. The first-order valence-electron chi connectivity index (χ1n) is 10.9. The summed E-state index contributed by atoms with van der Waals surface area (Å²) in [5.74, 6) is 3.39. The van der Waals surface area contributed by atoms with Crippen LogP contribution < -0.4 is 0 Å². The van der Waals surface area contributed by atoms with E-state index in [1.54, 1.807) is 50.2 Å². The van der Waals surface area contributed by atoms with Crippen LogP contribution in [0, 0.1) is 17.8 Å². The second kappa shape index (κ2) is 8.21. The fraction of sp³-hybridized carbons (Fsp3) is 1.00. The monoisotopic (exact) mass is 352 g/mol. The van der Waals surface area contributed by atoms with Crippen LogP contribution in [0.15, 0.2) is 0 Å². The highest BCUT2D eigenvalue weighted by Crippen LogP contribution is 2.54. The van der Waals surface area contributed by atoms with E-state index in [0.717, 1.165) is 17.8 Å². The van der Waals surface area contributed by atoms with E-state index in [4.69, 9.17) is 0 Å². The second-order valence-electron chi connectivity index (χ2n) is 10.2. The molecule has 2 aliphatic carbocycles. The van der Waals surface area contributed by atoms with Crippen molar-refractivity contribution in [1.29, 1.82) is 0 Å². The smallest absolute Gasteiger partial charge is 0.0540 e. The Labute approximate surface area is 149 Å². The summed E-state index contributed by atoms with van der Waals surface area (Å²) in [6.07, 6.45) is 12.4. The molecule has 2 rings (SSSR count).